The molecule has 0 aliphatic carbocycles. The fraction of sp³-hybridized carbons (Fsp3) is 0.786. The van der Waals surface area contributed by atoms with Crippen LogP contribution in [0.5, 0.6) is 0 Å². The van der Waals surface area contributed by atoms with E-state index in [1.54, 1.807) is 0 Å². The third-order valence-corrected chi connectivity index (χ3v) is 2.68. The summed E-state index contributed by atoms with van der Waals surface area (Å²) >= 11 is 0. The Bertz CT molecular complexity index is 193. The minimum absolute atomic E-state index is 0.180. The maximum Gasteiger partial charge on any atom is 0.245 e. The summed E-state index contributed by atoms with van der Waals surface area (Å²) in [5.74, 6) is -0.180. The number of rotatable bonds is 12. The van der Waals surface area contributed by atoms with E-state index in [0.717, 1.165) is 13.0 Å². The number of carbonyl (C=O) groups excluding carboxylic acids is 1. The second-order valence-corrected chi connectivity index (χ2v) is 4.27. The number of amides is 1. The number of ether oxygens (including phenoxy) is 1. The van der Waals surface area contributed by atoms with Gasteiger partial charge in [-0.1, -0.05) is 58.4 Å². The number of nitrogens with one attached hydrogen (secondary N) is 1. The molecule has 0 rings (SSSR count). The second kappa shape index (κ2) is 13.2. The van der Waals surface area contributed by atoms with E-state index < -0.39 is 0 Å². The SMILES string of the molecule is C=CC(=O)NCOCCCCCCCCCC. The lowest BCUT2D eigenvalue weighted by Gasteiger charge is -2.04. The van der Waals surface area contributed by atoms with E-state index in [-0.39, 0.29) is 5.91 Å². The predicted octanol–water partition coefficient (Wildman–Crippen LogP) is 3.40. The molecule has 0 saturated carbocycles. The first-order chi connectivity index (χ1) is 8.31. The molecular formula is C14H27NO2. The van der Waals surface area contributed by atoms with Gasteiger partial charge in [-0.2, -0.15) is 0 Å². The molecule has 0 aromatic heterocycles. The third-order valence-electron chi connectivity index (χ3n) is 2.68. The highest BCUT2D eigenvalue weighted by Gasteiger charge is 1.94. The molecule has 0 bridgehead atoms. The van der Waals surface area contributed by atoms with Crippen LogP contribution in [0.1, 0.15) is 58.3 Å². The summed E-state index contributed by atoms with van der Waals surface area (Å²) in [6, 6.07) is 0. The molecule has 0 aromatic rings. The Morgan fingerprint density at radius 2 is 1.71 bits per heavy atom. The average molecular weight is 241 g/mol. The molecule has 0 aromatic carbocycles. The summed E-state index contributed by atoms with van der Waals surface area (Å²) < 4.78 is 5.27. The summed E-state index contributed by atoms with van der Waals surface area (Å²) in [6.07, 6.45) is 11.6. The van der Waals surface area contributed by atoms with E-state index in [4.69, 9.17) is 4.74 Å². The third kappa shape index (κ3) is 13.1. The van der Waals surface area contributed by atoms with Crippen molar-refractivity contribution in [1.82, 2.24) is 5.32 Å². The first kappa shape index (κ1) is 16.2. The van der Waals surface area contributed by atoms with Crippen LogP contribution < -0.4 is 5.32 Å². The van der Waals surface area contributed by atoms with Crippen LogP contribution in [0, 0.1) is 0 Å². The van der Waals surface area contributed by atoms with Crippen LogP contribution in [0.25, 0.3) is 0 Å². The maximum atomic E-state index is 10.8. The first-order valence-corrected chi connectivity index (χ1v) is 6.79. The molecule has 100 valence electrons. The molecule has 17 heavy (non-hydrogen) atoms. The van der Waals surface area contributed by atoms with Gasteiger partial charge in [0.15, 0.2) is 0 Å². The Morgan fingerprint density at radius 1 is 1.12 bits per heavy atom. The predicted molar refractivity (Wildman–Crippen MR) is 71.8 cm³/mol. The highest BCUT2D eigenvalue weighted by Crippen LogP contribution is 2.08. The molecule has 0 fully saturated rings. The Morgan fingerprint density at radius 3 is 2.29 bits per heavy atom. The van der Waals surface area contributed by atoms with Crippen molar-refractivity contribution in [2.75, 3.05) is 13.3 Å². The smallest absolute Gasteiger partial charge is 0.245 e. The molecule has 0 heterocycles. The summed E-state index contributed by atoms with van der Waals surface area (Å²) in [5, 5.41) is 2.58. The molecule has 0 aliphatic heterocycles. The summed E-state index contributed by atoms with van der Waals surface area (Å²) in [4.78, 5) is 10.8. The monoisotopic (exact) mass is 241 g/mol. The van der Waals surface area contributed by atoms with Crippen molar-refractivity contribution in [3.05, 3.63) is 12.7 Å². The van der Waals surface area contributed by atoms with Crippen molar-refractivity contribution in [1.29, 1.82) is 0 Å². The first-order valence-electron chi connectivity index (χ1n) is 6.79. The van der Waals surface area contributed by atoms with E-state index in [1.165, 1.54) is 51.0 Å². The van der Waals surface area contributed by atoms with Crippen molar-refractivity contribution in [2.24, 2.45) is 0 Å². The highest BCUT2D eigenvalue weighted by molar-refractivity contribution is 5.86. The van der Waals surface area contributed by atoms with Crippen molar-refractivity contribution < 1.29 is 9.53 Å². The molecule has 0 radical (unpaired) electrons. The molecule has 0 saturated heterocycles. The van der Waals surface area contributed by atoms with Gasteiger partial charge in [0, 0.05) is 6.61 Å². The summed E-state index contributed by atoms with van der Waals surface area (Å²) in [5.41, 5.74) is 0. The standard InChI is InChI=1S/C14H27NO2/c1-3-5-6-7-8-9-10-11-12-17-13-15-14(16)4-2/h4H,2-3,5-13H2,1H3,(H,15,16). The maximum absolute atomic E-state index is 10.8. The Labute approximate surface area is 106 Å². The molecule has 0 aliphatic rings. The lowest BCUT2D eigenvalue weighted by atomic mass is 10.1. The zero-order chi connectivity index (χ0) is 12.8. The minimum Gasteiger partial charge on any atom is -0.361 e. The molecule has 0 unspecified atom stereocenters. The minimum atomic E-state index is -0.180. The Kier molecular flexibility index (Phi) is 12.6. The Balaban J connectivity index is 2.98. The molecule has 3 heteroatoms. The van der Waals surface area contributed by atoms with Gasteiger partial charge >= 0.3 is 0 Å². The normalized spacial score (nSPS) is 10.2. The van der Waals surface area contributed by atoms with Crippen LogP contribution >= 0.6 is 0 Å². The molecule has 3 nitrogen and oxygen atoms in total. The van der Waals surface area contributed by atoms with Gasteiger partial charge in [-0.15, -0.1) is 0 Å². The second-order valence-electron chi connectivity index (χ2n) is 4.27. The summed E-state index contributed by atoms with van der Waals surface area (Å²) in [6.45, 7) is 6.62. The van der Waals surface area contributed by atoms with Crippen LogP contribution in [0.15, 0.2) is 12.7 Å². The number of hydrogen-bond acceptors (Lipinski definition) is 2. The average Bonchev–Trinajstić information content (AvgIpc) is 2.35. The molecular weight excluding hydrogens is 214 g/mol. The van der Waals surface area contributed by atoms with Gasteiger partial charge in [0.2, 0.25) is 5.91 Å². The van der Waals surface area contributed by atoms with Gasteiger partial charge in [0.1, 0.15) is 6.73 Å². The fourth-order valence-corrected chi connectivity index (χ4v) is 1.60. The Hall–Kier alpha value is -0.830. The van der Waals surface area contributed by atoms with Gasteiger partial charge in [0.05, 0.1) is 0 Å². The lowest BCUT2D eigenvalue weighted by molar-refractivity contribution is -0.118. The largest absolute Gasteiger partial charge is 0.361 e. The van der Waals surface area contributed by atoms with E-state index in [9.17, 15) is 4.79 Å². The van der Waals surface area contributed by atoms with E-state index >= 15 is 0 Å². The topological polar surface area (TPSA) is 38.3 Å². The molecule has 0 atom stereocenters. The molecule has 1 amide bonds. The van der Waals surface area contributed by atoms with Crippen LogP contribution in [-0.4, -0.2) is 19.2 Å². The van der Waals surface area contributed by atoms with Gasteiger partial charge in [-0.05, 0) is 12.5 Å². The van der Waals surface area contributed by atoms with Crippen molar-refractivity contribution >= 4 is 5.91 Å². The lowest BCUT2D eigenvalue weighted by Crippen LogP contribution is -2.24. The van der Waals surface area contributed by atoms with Crippen molar-refractivity contribution in [3.63, 3.8) is 0 Å². The van der Waals surface area contributed by atoms with E-state index in [0.29, 0.717) is 6.73 Å². The summed E-state index contributed by atoms with van der Waals surface area (Å²) in [7, 11) is 0. The van der Waals surface area contributed by atoms with E-state index in [1.807, 2.05) is 0 Å². The zero-order valence-electron chi connectivity index (χ0n) is 11.2. The van der Waals surface area contributed by atoms with Gasteiger partial charge in [0.25, 0.3) is 0 Å². The van der Waals surface area contributed by atoms with Crippen LogP contribution in [-0.2, 0) is 9.53 Å². The van der Waals surface area contributed by atoms with Crippen molar-refractivity contribution in [3.8, 4) is 0 Å². The van der Waals surface area contributed by atoms with Crippen LogP contribution in [0.4, 0.5) is 0 Å². The van der Waals surface area contributed by atoms with Crippen LogP contribution in [0.2, 0.25) is 0 Å². The number of unbranched alkanes of at least 4 members (excludes halogenated alkanes) is 7. The molecule has 1 N–H and O–H groups in total. The zero-order valence-corrected chi connectivity index (χ0v) is 11.2. The van der Waals surface area contributed by atoms with Gasteiger partial charge < -0.3 is 10.1 Å². The van der Waals surface area contributed by atoms with Crippen LogP contribution in [0.3, 0.4) is 0 Å². The quantitative estimate of drug-likeness (QED) is 0.323. The van der Waals surface area contributed by atoms with Crippen molar-refractivity contribution in [2.45, 2.75) is 58.3 Å². The number of hydrogen-bond donors (Lipinski definition) is 1. The van der Waals surface area contributed by atoms with Gasteiger partial charge in [-0.3, -0.25) is 4.79 Å². The van der Waals surface area contributed by atoms with E-state index in [2.05, 4.69) is 18.8 Å². The fourth-order valence-electron chi connectivity index (χ4n) is 1.60. The number of carbonyl (C=O) groups is 1. The highest BCUT2D eigenvalue weighted by atomic mass is 16.5. The molecule has 0 spiro atoms. The van der Waals surface area contributed by atoms with Gasteiger partial charge in [-0.25, -0.2) is 0 Å².